The second kappa shape index (κ2) is 4.53. The molecule has 1 aliphatic heterocycles. The van der Waals surface area contributed by atoms with Gasteiger partial charge in [0.25, 0.3) is 5.91 Å². The number of amides is 1. The number of nitrogens with zero attached hydrogens (tertiary/aromatic N) is 1. The molecule has 4 nitrogen and oxygen atoms in total. The topological polar surface area (TPSA) is 42.7 Å². The zero-order chi connectivity index (χ0) is 11.7. The maximum atomic E-state index is 12.3. The lowest BCUT2D eigenvalue weighted by Crippen LogP contribution is -2.37. The van der Waals surface area contributed by atoms with Crippen LogP contribution in [0.5, 0.6) is 0 Å². The summed E-state index contributed by atoms with van der Waals surface area (Å²) in [5.74, 6) is 0.981. The van der Waals surface area contributed by atoms with Gasteiger partial charge in [0.15, 0.2) is 5.76 Å². The standard InChI is InChI=1S/C13H17NO3/c15-13(12-2-1-6-17-12)14(11-3-4-11)8-10-5-7-16-9-10/h1-2,6,10-11H,3-5,7-9H2/t10-/m1/s1. The average Bonchev–Trinajstić information content (AvgIpc) is 2.86. The first kappa shape index (κ1) is 10.8. The third-order valence-electron chi connectivity index (χ3n) is 3.46. The van der Waals surface area contributed by atoms with Crippen LogP contribution in [0.4, 0.5) is 0 Å². The highest BCUT2D eigenvalue weighted by molar-refractivity contribution is 5.91. The van der Waals surface area contributed by atoms with Crippen molar-refractivity contribution in [3.05, 3.63) is 24.2 Å². The maximum absolute atomic E-state index is 12.3. The summed E-state index contributed by atoms with van der Waals surface area (Å²) >= 11 is 0. The first-order valence-corrected chi connectivity index (χ1v) is 6.27. The molecule has 1 aromatic heterocycles. The van der Waals surface area contributed by atoms with Crippen LogP contribution < -0.4 is 0 Å². The average molecular weight is 235 g/mol. The molecule has 2 fully saturated rings. The van der Waals surface area contributed by atoms with E-state index in [9.17, 15) is 4.79 Å². The van der Waals surface area contributed by atoms with Crippen molar-refractivity contribution in [1.29, 1.82) is 0 Å². The fourth-order valence-corrected chi connectivity index (χ4v) is 2.33. The Labute approximate surface area is 101 Å². The van der Waals surface area contributed by atoms with Crippen molar-refractivity contribution in [2.24, 2.45) is 5.92 Å². The van der Waals surface area contributed by atoms with Crippen molar-refractivity contribution in [1.82, 2.24) is 4.90 Å². The van der Waals surface area contributed by atoms with E-state index in [1.807, 2.05) is 4.90 Å². The second-order valence-electron chi connectivity index (χ2n) is 4.90. The molecule has 1 saturated heterocycles. The summed E-state index contributed by atoms with van der Waals surface area (Å²) in [6, 6.07) is 3.92. The van der Waals surface area contributed by atoms with Crippen molar-refractivity contribution < 1.29 is 13.9 Å². The van der Waals surface area contributed by atoms with Crippen molar-refractivity contribution in [2.75, 3.05) is 19.8 Å². The SMILES string of the molecule is O=C(c1ccco1)N(C[C@H]1CCOC1)C1CC1. The highest BCUT2D eigenvalue weighted by Gasteiger charge is 2.36. The highest BCUT2D eigenvalue weighted by Crippen LogP contribution is 2.30. The molecule has 1 saturated carbocycles. The molecule has 0 N–H and O–H groups in total. The van der Waals surface area contributed by atoms with Gasteiger partial charge >= 0.3 is 0 Å². The Morgan fingerprint density at radius 2 is 2.29 bits per heavy atom. The molecule has 4 heteroatoms. The number of carbonyl (C=O) groups excluding carboxylic acids is 1. The summed E-state index contributed by atoms with van der Waals surface area (Å²) in [5, 5.41) is 0. The van der Waals surface area contributed by atoms with Crippen molar-refractivity contribution >= 4 is 5.91 Å². The molecular weight excluding hydrogens is 218 g/mol. The van der Waals surface area contributed by atoms with E-state index in [4.69, 9.17) is 9.15 Å². The van der Waals surface area contributed by atoms with E-state index in [1.165, 1.54) is 0 Å². The molecule has 0 unspecified atom stereocenters. The zero-order valence-corrected chi connectivity index (χ0v) is 9.80. The number of carbonyl (C=O) groups is 1. The summed E-state index contributed by atoms with van der Waals surface area (Å²) < 4.78 is 10.6. The highest BCUT2D eigenvalue weighted by atomic mass is 16.5. The smallest absolute Gasteiger partial charge is 0.289 e. The summed E-state index contributed by atoms with van der Waals surface area (Å²) in [4.78, 5) is 14.2. The minimum atomic E-state index is 0.0319. The Bertz CT molecular complexity index is 377. The van der Waals surface area contributed by atoms with E-state index in [-0.39, 0.29) is 5.91 Å². The fourth-order valence-electron chi connectivity index (χ4n) is 2.33. The van der Waals surface area contributed by atoms with Crippen molar-refractivity contribution in [3.63, 3.8) is 0 Å². The Hall–Kier alpha value is -1.29. The van der Waals surface area contributed by atoms with Crippen LogP contribution in [0.15, 0.2) is 22.8 Å². The molecule has 2 aliphatic rings. The van der Waals surface area contributed by atoms with Crippen LogP contribution in [0.2, 0.25) is 0 Å². The van der Waals surface area contributed by atoms with E-state index in [0.717, 1.165) is 39.0 Å². The van der Waals surface area contributed by atoms with Crippen LogP contribution >= 0.6 is 0 Å². The first-order valence-electron chi connectivity index (χ1n) is 6.27. The van der Waals surface area contributed by atoms with Gasteiger partial charge in [-0.05, 0) is 31.4 Å². The Morgan fingerprint density at radius 3 is 2.88 bits per heavy atom. The van der Waals surface area contributed by atoms with Gasteiger partial charge in [0.05, 0.1) is 12.9 Å². The molecule has 0 spiro atoms. The summed E-state index contributed by atoms with van der Waals surface area (Å²) in [5.41, 5.74) is 0. The number of hydrogen-bond acceptors (Lipinski definition) is 3. The lowest BCUT2D eigenvalue weighted by Gasteiger charge is -2.24. The van der Waals surface area contributed by atoms with E-state index >= 15 is 0 Å². The quantitative estimate of drug-likeness (QED) is 0.800. The largest absolute Gasteiger partial charge is 0.459 e. The van der Waals surface area contributed by atoms with E-state index < -0.39 is 0 Å². The van der Waals surface area contributed by atoms with E-state index in [1.54, 1.807) is 18.4 Å². The number of furan rings is 1. The molecule has 0 aromatic carbocycles. The number of rotatable bonds is 4. The molecule has 0 bridgehead atoms. The zero-order valence-electron chi connectivity index (χ0n) is 9.80. The normalized spacial score (nSPS) is 23.9. The maximum Gasteiger partial charge on any atom is 0.289 e. The number of hydrogen-bond donors (Lipinski definition) is 0. The van der Waals surface area contributed by atoms with E-state index in [2.05, 4.69) is 0 Å². The summed E-state index contributed by atoms with van der Waals surface area (Å²) in [6.07, 6.45) is 4.87. The molecular formula is C13H17NO3. The molecule has 0 radical (unpaired) electrons. The molecule has 1 atom stereocenters. The first-order chi connectivity index (χ1) is 8.34. The van der Waals surface area contributed by atoms with Gasteiger partial charge in [0.1, 0.15) is 0 Å². The van der Waals surface area contributed by atoms with Gasteiger partial charge in [0, 0.05) is 25.1 Å². The van der Waals surface area contributed by atoms with Gasteiger partial charge in [-0.3, -0.25) is 4.79 Å². The van der Waals surface area contributed by atoms with Gasteiger partial charge in [-0.2, -0.15) is 0 Å². The lowest BCUT2D eigenvalue weighted by atomic mass is 10.1. The molecule has 3 rings (SSSR count). The fraction of sp³-hybridized carbons (Fsp3) is 0.615. The van der Waals surface area contributed by atoms with Crippen LogP contribution in [-0.2, 0) is 4.74 Å². The molecule has 92 valence electrons. The second-order valence-corrected chi connectivity index (χ2v) is 4.90. The van der Waals surface area contributed by atoms with Gasteiger partial charge in [-0.25, -0.2) is 0 Å². The van der Waals surface area contributed by atoms with Gasteiger partial charge in [0.2, 0.25) is 0 Å². The van der Waals surface area contributed by atoms with Crippen molar-refractivity contribution in [3.8, 4) is 0 Å². The van der Waals surface area contributed by atoms with Gasteiger partial charge < -0.3 is 14.1 Å². The molecule has 1 aliphatic carbocycles. The van der Waals surface area contributed by atoms with Crippen LogP contribution in [0.1, 0.15) is 29.8 Å². The molecule has 1 amide bonds. The minimum Gasteiger partial charge on any atom is -0.459 e. The Balaban J connectivity index is 1.69. The van der Waals surface area contributed by atoms with Crippen LogP contribution in [0.25, 0.3) is 0 Å². The molecule has 1 aromatic rings. The van der Waals surface area contributed by atoms with Gasteiger partial charge in [-0.1, -0.05) is 0 Å². The number of ether oxygens (including phenoxy) is 1. The molecule has 17 heavy (non-hydrogen) atoms. The van der Waals surface area contributed by atoms with E-state index in [0.29, 0.717) is 17.7 Å². The third-order valence-corrected chi connectivity index (χ3v) is 3.46. The Kier molecular flexibility index (Phi) is 2.89. The monoisotopic (exact) mass is 235 g/mol. The predicted octanol–water partition coefficient (Wildman–Crippen LogP) is 1.92. The minimum absolute atomic E-state index is 0.0319. The third kappa shape index (κ3) is 2.36. The van der Waals surface area contributed by atoms with Crippen LogP contribution in [0, 0.1) is 5.92 Å². The lowest BCUT2D eigenvalue weighted by molar-refractivity contribution is 0.0674. The predicted molar refractivity (Wildman–Crippen MR) is 61.7 cm³/mol. The summed E-state index contributed by atoms with van der Waals surface area (Å²) in [6.45, 7) is 2.43. The van der Waals surface area contributed by atoms with Crippen molar-refractivity contribution in [2.45, 2.75) is 25.3 Å². The van der Waals surface area contributed by atoms with Gasteiger partial charge in [-0.15, -0.1) is 0 Å². The molecule has 2 heterocycles. The Morgan fingerprint density at radius 1 is 1.41 bits per heavy atom. The van der Waals surface area contributed by atoms with Crippen LogP contribution in [0.3, 0.4) is 0 Å². The van der Waals surface area contributed by atoms with Crippen LogP contribution in [-0.4, -0.2) is 36.6 Å². The summed E-state index contributed by atoms with van der Waals surface area (Å²) in [7, 11) is 0.